The molecule has 3 rings (SSSR count). The van der Waals surface area contributed by atoms with Gasteiger partial charge in [0.25, 0.3) is 0 Å². The van der Waals surface area contributed by atoms with E-state index in [4.69, 9.17) is 0 Å². The number of alkyl halides is 7. The van der Waals surface area contributed by atoms with Crippen molar-refractivity contribution in [2.24, 2.45) is 0 Å². The van der Waals surface area contributed by atoms with Crippen LogP contribution in [0, 0.1) is 0 Å². The highest BCUT2D eigenvalue weighted by Crippen LogP contribution is 2.38. The van der Waals surface area contributed by atoms with Gasteiger partial charge in [-0.05, 0) is 48.0 Å². The van der Waals surface area contributed by atoms with Gasteiger partial charge in [-0.15, -0.1) is 0 Å². The van der Waals surface area contributed by atoms with Crippen LogP contribution in [-0.4, -0.2) is 36.6 Å². The number of amides is 1. The van der Waals surface area contributed by atoms with Crippen molar-refractivity contribution in [3.63, 3.8) is 0 Å². The van der Waals surface area contributed by atoms with E-state index in [2.05, 4.69) is 5.32 Å². The largest absolute Gasteiger partial charge is 0.416 e. The second-order valence-electron chi connectivity index (χ2n) is 7.50. The maximum atomic E-state index is 13.4. The fourth-order valence-corrected chi connectivity index (χ4v) is 3.53. The Morgan fingerprint density at radius 3 is 2.13 bits per heavy atom. The zero-order valence-electron chi connectivity index (χ0n) is 16.3. The van der Waals surface area contributed by atoms with Gasteiger partial charge in [-0.1, -0.05) is 18.2 Å². The molecule has 1 saturated heterocycles. The van der Waals surface area contributed by atoms with Crippen LogP contribution < -0.4 is 5.32 Å². The molecular weight excluding hydrogens is 429 g/mol. The predicted molar refractivity (Wildman–Crippen MR) is 99.7 cm³/mol. The van der Waals surface area contributed by atoms with E-state index in [0.29, 0.717) is 17.7 Å². The Bertz CT molecular complexity index is 923. The minimum Gasteiger partial charge on any atom is -0.351 e. The first-order valence-corrected chi connectivity index (χ1v) is 9.35. The summed E-state index contributed by atoms with van der Waals surface area (Å²) in [6.07, 6.45) is -10.9. The normalized spacial score (nSPS) is 20.1. The number of benzene rings is 2. The number of likely N-dealkylation sites (N-methyl/N-ethyl adjacent to an activating group) is 1. The van der Waals surface area contributed by atoms with Gasteiger partial charge in [-0.25, -0.2) is 4.39 Å². The van der Waals surface area contributed by atoms with Crippen molar-refractivity contribution in [2.45, 2.75) is 37.5 Å². The highest BCUT2D eigenvalue weighted by atomic mass is 19.4. The molecule has 10 heteroatoms. The van der Waals surface area contributed by atoms with Gasteiger partial charge in [-0.2, -0.15) is 26.3 Å². The molecular formula is C21H19F7N2O. The van der Waals surface area contributed by atoms with E-state index in [9.17, 15) is 35.5 Å². The lowest BCUT2D eigenvalue weighted by molar-refractivity contribution is -0.143. The molecule has 1 N–H and O–H groups in total. The Labute approximate surface area is 173 Å². The minimum absolute atomic E-state index is 0.000937. The lowest BCUT2D eigenvalue weighted by Crippen LogP contribution is -2.41. The molecule has 1 fully saturated rings. The molecule has 0 aliphatic carbocycles. The molecule has 1 aliphatic heterocycles. The number of rotatable bonds is 4. The molecule has 0 saturated carbocycles. The minimum atomic E-state index is -4.94. The quantitative estimate of drug-likeness (QED) is 0.664. The van der Waals surface area contributed by atoms with Gasteiger partial charge in [-0.3, -0.25) is 9.69 Å². The second kappa shape index (κ2) is 8.49. The van der Waals surface area contributed by atoms with E-state index in [1.807, 2.05) is 0 Å². The highest BCUT2D eigenvalue weighted by Gasteiger charge is 2.37. The maximum absolute atomic E-state index is 13.4. The van der Waals surface area contributed by atoms with Crippen LogP contribution >= 0.6 is 0 Å². The molecule has 1 amide bonds. The predicted octanol–water partition coefficient (Wildman–Crippen LogP) is 5.05. The molecule has 2 aromatic carbocycles. The lowest BCUT2D eigenvalue weighted by Gasteiger charge is -2.18. The Balaban J connectivity index is 1.83. The van der Waals surface area contributed by atoms with Crippen molar-refractivity contribution in [2.75, 3.05) is 13.6 Å². The standard InChI is InChI=1S/C21H19F7N2O/c1-30-11-17(22)9-18(30)19(31)29-10-12-3-2-4-13(5-12)14-6-15(20(23,24)25)8-16(7-14)21(26,27)28/h2-8,17-18H,9-11H2,1H3,(H,29,31)/t17-,18-/m0/s1. The summed E-state index contributed by atoms with van der Waals surface area (Å²) < 4.78 is 92.1. The molecule has 3 nitrogen and oxygen atoms in total. The monoisotopic (exact) mass is 448 g/mol. The Kier molecular flexibility index (Phi) is 6.31. The number of carbonyl (C=O) groups is 1. The number of likely N-dealkylation sites (tertiary alicyclic amines) is 1. The molecule has 1 aliphatic rings. The smallest absolute Gasteiger partial charge is 0.351 e. The van der Waals surface area contributed by atoms with Gasteiger partial charge >= 0.3 is 12.4 Å². The highest BCUT2D eigenvalue weighted by molar-refractivity contribution is 5.82. The van der Waals surface area contributed by atoms with E-state index < -0.39 is 41.6 Å². The van der Waals surface area contributed by atoms with Gasteiger partial charge in [0.2, 0.25) is 5.91 Å². The number of carbonyl (C=O) groups excluding carboxylic acids is 1. The molecule has 0 bridgehead atoms. The third-order valence-corrected chi connectivity index (χ3v) is 5.11. The van der Waals surface area contributed by atoms with Crippen molar-refractivity contribution in [1.29, 1.82) is 0 Å². The summed E-state index contributed by atoms with van der Waals surface area (Å²) in [4.78, 5) is 13.9. The van der Waals surface area contributed by atoms with Gasteiger partial charge in [0, 0.05) is 19.5 Å². The number of nitrogens with zero attached hydrogens (tertiary/aromatic N) is 1. The fraction of sp³-hybridized carbons (Fsp3) is 0.381. The summed E-state index contributed by atoms with van der Waals surface area (Å²) in [5.74, 6) is -0.397. The van der Waals surface area contributed by atoms with Crippen LogP contribution in [0.1, 0.15) is 23.1 Å². The summed E-state index contributed by atoms with van der Waals surface area (Å²) in [6.45, 7) is 0.143. The first kappa shape index (κ1) is 23.1. The van der Waals surface area contributed by atoms with Crippen LogP contribution in [0.25, 0.3) is 11.1 Å². The van der Waals surface area contributed by atoms with Crippen molar-refractivity contribution in [3.8, 4) is 11.1 Å². The van der Waals surface area contributed by atoms with E-state index in [-0.39, 0.29) is 36.7 Å². The van der Waals surface area contributed by atoms with E-state index >= 15 is 0 Å². The molecule has 0 unspecified atom stereocenters. The van der Waals surface area contributed by atoms with Crippen LogP contribution in [-0.2, 0) is 23.7 Å². The van der Waals surface area contributed by atoms with Gasteiger partial charge in [0.05, 0.1) is 17.2 Å². The summed E-state index contributed by atoms with van der Waals surface area (Å²) in [7, 11) is 1.62. The average molecular weight is 448 g/mol. The molecule has 1 heterocycles. The van der Waals surface area contributed by atoms with Crippen LogP contribution in [0.5, 0.6) is 0 Å². The number of nitrogens with one attached hydrogen (secondary N) is 1. The summed E-state index contributed by atoms with van der Waals surface area (Å²) >= 11 is 0. The topological polar surface area (TPSA) is 32.3 Å². The molecule has 0 spiro atoms. The maximum Gasteiger partial charge on any atom is 0.416 e. The Morgan fingerprint density at radius 2 is 1.61 bits per heavy atom. The number of halogens is 7. The average Bonchev–Trinajstić information content (AvgIpc) is 3.03. The summed E-state index contributed by atoms with van der Waals surface area (Å²) in [5, 5.41) is 2.63. The zero-order valence-corrected chi connectivity index (χ0v) is 16.3. The van der Waals surface area contributed by atoms with Crippen molar-refractivity contribution in [1.82, 2.24) is 10.2 Å². The Morgan fingerprint density at radius 1 is 1.00 bits per heavy atom. The van der Waals surface area contributed by atoms with E-state index in [1.54, 1.807) is 18.0 Å². The lowest BCUT2D eigenvalue weighted by atomic mass is 9.97. The van der Waals surface area contributed by atoms with Crippen LogP contribution in [0.15, 0.2) is 42.5 Å². The first-order chi connectivity index (χ1) is 14.3. The molecule has 31 heavy (non-hydrogen) atoms. The van der Waals surface area contributed by atoms with Crippen molar-refractivity contribution in [3.05, 3.63) is 59.2 Å². The molecule has 0 aromatic heterocycles. The summed E-state index contributed by atoms with van der Waals surface area (Å²) in [6, 6.07) is 6.61. The van der Waals surface area contributed by atoms with Crippen LogP contribution in [0.3, 0.4) is 0 Å². The molecule has 0 radical (unpaired) electrons. The van der Waals surface area contributed by atoms with Crippen LogP contribution in [0.2, 0.25) is 0 Å². The van der Waals surface area contributed by atoms with Crippen molar-refractivity contribution >= 4 is 5.91 Å². The third-order valence-electron chi connectivity index (χ3n) is 5.11. The summed E-state index contributed by atoms with van der Waals surface area (Å²) in [5.41, 5.74) is -2.42. The Hall–Kier alpha value is -2.62. The van der Waals surface area contributed by atoms with Gasteiger partial charge in [0.1, 0.15) is 6.17 Å². The molecule has 2 aromatic rings. The second-order valence-corrected chi connectivity index (χ2v) is 7.50. The van der Waals surface area contributed by atoms with Crippen LogP contribution in [0.4, 0.5) is 30.7 Å². The molecule has 168 valence electrons. The van der Waals surface area contributed by atoms with E-state index in [1.165, 1.54) is 18.2 Å². The number of hydrogen-bond donors (Lipinski definition) is 1. The van der Waals surface area contributed by atoms with Gasteiger partial charge < -0.3 is 5.32 Å². The fourth-order valence-electron chi connectivity index (χ4n) is 3.53. The van der Waals surface area contributed by atoms with Crippen molar-refractivity contribution < 1.29 is 35.5 Å². The zero-order chi connectivity index (χ0) is 23.0. The SMILES string of the molecule is CN1C[C@@H](F)C[C@H]1C(=O)NCc1cccc(-c2cc(C(F)(F)F)cc(C(F)(F)F)c2)c1. The third kappa shape index (κ3) is 5.55. The van der Waals surface area contributed by atoms with E-state index in [0.717, 1.165) is 0 Å². The molecule has 2 atom stereocenters. The first-order valence-electron chi connectivity index (χ1n) is 9.35. The number of hydrogen-bond acceptors (Lipinski definition) is 2. The van der Waals surface area contributed by atoms with Gasteiger partial charge in [0.15, 0.2) is 0 Å².